The van der Waals surface area contributed by atoms with Gasteiger partial charge in [0.25, 0.3) is 0 Å². The molecule has 3 rings (SSSR count). The van der Waals surface area contributed by atoms with Gasteiger partial charge in [-0.05, 0) is 29.8 Å². The van der Waals surface area contributed by atoms with Crippen molar-refractivity contribution in [3.8, 4) is 22.9 Å². The van der Waals surface area contributed by atoms with Crippen molar-refractivity contribution in [2.24, 2.45) is 7.05 Å². The predicted molar refractivity (Wildman–Crippen MR) is 109 cm³/mol. The summed E-state index contributed by atoms with van der Waals surface area (Å²) in [6.07, 6.45) is 0. The number of methoxy groups -OCH3 is 2. The van der Waals surface area contributed by atoms with Gasteiger partial charge in [-0.25, -0.2) is 0 Å². The average molecular weight is 398 g/mol. The van der Waals surface area contributed by atoms with Crippen LogP contribution in [0.2, 0.25) is 0 Å². The summed E-state index contributed by atoms with van der Waals surface area (Å²) in [5.41, 5.74) is 1.92. The standard InChI is InChI=1S/C20H22N4O3S/c1-24-19(15-5-4-6-17(11-15)27-3)22-23-20(24)28-13-18(25)21-12-14-7-9-16(26-2)10-8-14/h4-11H,12-13H2,1-3H3,(H,21,25). The van der Waals surface area contributed by atoms with Crippen LogP contribution in [0.4, 0.5) is 0 Å². The lowest BCUT2D eigenvalue weighted by Crippen LogP contribution is -2.24. The van der Waals surface area contributed by atoms with Gasteiger partial charge >= 0.3 is 0 Å². The zero-order valence-corrected chi connectivity index (χ0v) is 16.8. The Hall–Kier alpha value is -3.00. The second kappa shape index (κ2) is 9.27. The van der Waals surface area contributed by atoms with Gasteiger partial charge in [0.15, 0.2) is 11.0 Å². The maximum atomic E-state index is 12.2. The molecule has 0 aliphatic rings. The van der Waals surface area contributed by atoms with Crippen molar-refractivity contribution in [1.29, 1.82) is 0 Å². The molecule has 0 saturated heterocycles. The molecule has 1 N–H and O–H groups in total. The summed E-state index contributed by atoms with van der Waals surface area (Å²) in [6.45, 7) is 0.470. The quantitative estimate of drug-likeness (QED) is 0.588. The van der Waals surface area contributed by atoms with E-state index in [9.17, 15) is 4.79 Å². The number of nitrogens with zero attached hydrogens (tertiary/aromatic N) is 3. The number of hydrogen-bond donors (Lipinski definition) is 1. The highest BCUT2D eigenvalue weighted by Gasteiger charge is 2.13. The van der Waals surface area contributed by atoms with E-state index in [-0.39, 0.29) is 11.7 Å². The molecule has 0 unspecified atom stereocenters. The molecule has 1 amide bonds. The summed E-state index contributed by atoms with van der Waals surface area (Å²) in [6, 6.07) is 15.2. The van der Waals surface area contributed by atoms with E-state index in [0.29, 0.717) is 11.7 Å². The Balaban J connectivity index is 1.55. The summed E-state index contributed by atoms with van der Waals surface area (Å²) in [7, 11) is 5.13. The van der Waals surface area contributed by atoms with Crippen LogP contribution in [0, 0.1) is 0 Å². The molecule has 3 aromatic rings. The van der Waals surface area contributed by atoms with Crippen molar-refractivity contribution in [2.75, 3.05) is 20.0 Å². The third kappa shape index (κ3) is 4.83. The lowest BCUT2D eigenvalue weighted by Gasteiger charge is -2.07. The molecule has 0 bridgehead atoms. The third-order valence-electron chi connectivity index (χ3n) is 4.14. The highest BCUT2D eigenvalue weighted by atomic mass is 32.2. The van der Waals surface area contributed by atoms with Crippen molar-refractivity contribution in [1.82, 2.24) is 20.1 Å². The number of thioether (sulfide) groups is 1. The second-order valence-electron chi connectivity index (χ2n) is 6.01. The van der Waals surface area contributed by atoms with Gasteiger partial charge in [-0.3, -0.25) is 4.79 Å². The van der Waals surface area contributed by atoms with Gasteiger partial charge < -0.3 is 19.4 Å². The van der Waals surface area contributed by atoms with Crippen LogP contribution in [-0.4, -0.2) is 40.6 Å². The fourth-order valence-corrected chi connectivity index (χ4v) is 3.32. The fraction of sp³-hybridized carbons (Fsp3) is 0.250. The summed E-state index contributed by atoms with van der Waals surface area (Å²) in [5.74, 6) is 2.47. The van der Waals surface area contributed by atoms with E-state index in [4.69, 9.17) is 9.47 Å². The van der Waals surface area contributed by atoms with E-state index in [1.807, 2.05) is 60.1 Å². The van der Waals surface area contributed by atoms with Crippen molar-refractivity contribution in [2.45, 2.75) is 11.7 Å². The number of ether oxygens (including phenoxy) is 2. The smallest absolute Gasteiger partial charge is 0.230 e. The van der Waals surface area contributed by atoms with Crippen LogP contribution in [0.1, 0.15) is 5.56 Å². The molecule has 7 nitrogen and oxygen atoms in total. The van der Waals surface area contributed by atoms with Gasteiger partial charge in [0, 0.05) is 19.2 Å². The SMILES string of the molecule is COc1ccc(CNC(=O)CSc2nnc(-c3cccc(OC)c3)n2C)cc1. The molecule has 0 atom stereocenters. The number of aromatic nitrogens is 3. The van der Waals surface area contributed by atoms with Crippen molar-refractivity contribution in [3.05, 3.63) is 54.1 Å². The summed E-state index contributed by atoms with van der Waals surface area (Å²) >= 11 is 1.35. The molecule has 0 aliphatic carbocycles. The predicted octanol–water partition coefficient (Wildman–Crippen LogP) is 2.91. The van der Waals surface area contributed by atoms with Crippen molar-refractivity contribution < 1.29 is 14.3 Å². The molecule has 28 heavy (non-hydrogen) atoms. The van der Waals surface area contributed by atoms with Gasteiger partial charge in [-0.1, -0.05) is 36.0 Å². The Labute approximate surface area is 168 Å². The lowest BCUT2D eigenvalue weighted by atomic mass is 10.2. The Morgan fingerprint density at radius 1 is 1.07 bits per heavy atom. The second-order valence-corrected chi connectivity index (χ2v) is 6.95. The summed E-state index contributed by atoms with van der Waals surface area (Å²) in [5, 5.41) is 12.0. The van der Waals surface area contributed by atoms with Crippen LogP contribution in [0.15, 0.2) is 53.7 Å². The molecule has 0 spiro atoms. The molecule has 8 heteroatoms. The lowest BCUT2D eigenvalue weighted by molar-refractivity contribution is -0.118. The van der Waals surface area contributed by atoms with Gasteiger partial charge in [-0.15, -0.1) is 10.2 Å². The number of carbonyl (C=O) groups is 1. The Morgan fingerprint density at radius 2 is 1.82 bits per heavy atom. The summed E-state index contributed by atoms with van der Waals surface area (Å²) in [4.78, 5) is 12.2. The highest BCUT2D eigenvalue weighted by Crippen LogP contribution is 2.25. The Bertz CT molecular complexity index is 941. The zero-order chi connectivity index (χ0) is 19.9. The Morgan fingerprint density at radius 3 is 2.54 bits per heavy atom. The highest BCUT2D eigenvalue weighted by molar-refractivity contribution is 7.99. The first-order chi connectivity index (χ1) is 13.6. The maximum Gasteiger partial charge on any atom is 0.230 e. The number of amides is 1. The minimum atomic E-state index is -0.0632. The molecule has 0 saturated carbocycles. The van der Waals surface area contributed by atoms with E-state index >= 15 is 0 Å². The molecule has 146 valence electrons. The first-order valence-electron chi connectivity index (χ1n) is 8.67. The first kappa shape index (κ1) is 19.8. The normalized spacial score (nSPS) is 10.5. The van der Waals surface area contributed by atoms with Gasteiger partial charge in [0.05, 0.1) is 20.0 Å². The van der Waals surface area contributed by atoms with Crippen LogP contribution < -0.4 is 14.8 Å². The number of hydrogen-bond acceptors (Lipinski definition) is 6. The molecular formula is C20H22N4O3S. The first-order valence-corrected chi connectivity index (χ1v) is 9.65. The molecule has 0 radical (unpaired) electrons. The molecular weight excluding hydrogens is 376 g/mol. The minimum absolute atomic E-state index is 0.0632. The monoisotopic (exact) mass is 398 g/mol. The van der Waals surface area contributed by atoms with Crippen LogP contribution in [0.25, 0.3) is 11.4 Å². The largest absolute Gasteiger partial charge is 0.497 e. The van der Waals surface area contributed by atoms with E-state index < -0.39 is 0 Å². The Kier molecular flexibility index (Phi) is 6.54. The van der Waals surface area contributed by atoms with Gasteiger partial charge in [0.2, 0.25) is 5.91 Å². The molecule has 0 fully saturated rings. The molecule has 1 aromatic heterocycles. The fourth-order valence-electron chi connectivity index (χ4n) is 2.58. The number of benzene rings is 2. The van der Waals surface area contributed by atoms with Crippen molar-refractivity contribution >= 4 is 17.7 Å². The van der Waals surface area contributed by atoms with Crippen LogP contribution >= 0.6 is 11.8 Å². The molecule has 1 heterocycles. The zero-order valence-electron chi connectivity index (χ0n) is 16.0. The van der Waals surface area contributed by atoms with Crippen LogP contribution in [0.3, 0.4) is 0 Å². The number of carbonyl (C=O) groups excluding carboxylic acids is 1. The minimum Gasteiger partial charge on any atom is -0.497 e. The molecule has 2 aromatic carbocycles. The van der Waals surface area contributed by atoms with E-state index in [2.05, 4.69) is 15.5 Å². The number of rotatable bonds is 8. The van der Waals surface area contributed by atoms with E-state index in [1.165, 1.54) is 11.8 Å². The maximum absolute atomic E-state index is 12.2. The van der Waals surface area contributed by atoms with Gasteiger partial charge in [-0.2, -0.15) is 0 Å². The third-order valence-corrected chi connectivity index (χ3v) is 5.16. The number of nitrogens with one attached hydrogen (secondary N) is 1. The van der Waals surface area contributed by atoms with Gasteiger partial charge in [0.1, 0.15) is 11.5 Å². The molecule has 0 aliphatic heterocycles. The van der Waals surface area contributed by atoms with Crippen LogP contribution in [0.5, 0.6) is 11.5 Å². The van der Waals surface area contributed by atoms with E-state index in [1.54, 1.807) is 14.2 Å². The topological polar surface area (TPSA) is 78.3 Å². The average Bonchev–Trinajstić information content (AvgIpc) is 3.11. The summed E-state index contributed by atoms with van der Waals surface area (Å²) < 4.78 is 12.3. The van der Waals surface area contributed by atoms with Crippen molar-refractivity contribution in [3.63, 3.8) is 0 Å². The van der Waals surface area contributed by atoms with Crippen LogP contribution in [-0.2, 0) is 18.4 Å². The van der Waals surface area contributed by atoms with E-state index in [0.717, 1.165) is 28.5 Å².